The van der Waals surface area contributed by atoms with Crippen molar-refractivity contribution in [3.63, 3.8) is 0 Å². The fraction of sp³-hybridized carbons (Fsp3) is 0.394. The zero-order valence-corrected chi connectivity index (χ0v) is 27.1. The van der Waals surface area contributed by atoms with Crippen molar-refractivity contribution >= 4 is 35.3 Å². The van der Waals surface area contributed by atoms with Gasteiger partial charge >= 0.3 is 23.9 Å². The molecular weight excluding hydrogens is 644 g/mol. The Bertz CT molecular complexity index is 1610. The fourth-order valence-corrected chi connectivity index (χ4v) is 6.66. The third kappa shape index (κ3) is 7.81. The maximum atomic E-state index is 12.5. The Morgan fingerprint density at radius 2 is 1.37 bits per heavy atom. The van der Waals surface area contributed by atoms with E-state index in [1.165, 1.54) is 30.9 Å². The van der Waals surface area contributed by atoms with Crippen LogP contribution in [0.15, 0.2) is 71.1 Å². The second-order valence-electron chi connectivity index (χ2n) is 11.8. The van der Waals surface area contributed by atoms with Crippen molar-refractivity contribution in [3.8, 4) is 5.75 Å². The highest BCUT2D eigenvalue weighted by Crippen LogP contribution is 2.48. The third-order valence-corrected chi connectivity index (χ3v) is 8.94. The predicted molar refractivity (Wildman–Crippen MR) is 173 cm³/mol. The lowest BCUT2D eigenvalue weighted by atomic mass is 9.70. The lowest BCUT2D eigenvalue weighted by molar-refractivity contribution is -0.384. The number of methoxy groups -OCH3 is 1. The molecule has 49 heavy (non-hydrogen) atoms. The van der Waals surface area contributed by atoms with Gasteiger partial charge in [0.1, 0.15) is 5.75 Å². The minimum Gasteiger partial charge on any atom is -0.497 e. The van der Waals surface area contributed by atoms with Crippen molar-refractivity contribution in [2.24, 2.45) is 11.8 Å². The molecule has 1 atom stereocenters. The van der Waals surface area contributed by atoms with E-state index in [0.717, 1.165) is 23.6 Å². The summed E-state index contributed by atoms with van der Waals surface area (Å²) in [5.41, 5.74) is -0.244. The standard InChI is InChI=1S/C33H38N4O12/c1-18-25(28(30(39)40)31(41)42)27(20-6-4-8-22(14-20)37(47)48)26(29(32(43)44)33(45)46)19(2)36(18)17-23(38)16-34-10-12-35(13-11-34)21-7-5-9-24(15-21)49-3/h4-9,14-15,23,27-29,38H,10-13,16-17H2,1-3H3,(H,39,40)(H,41,42)(H,43,44)(H,45,46). The van der Waals surface area contributed by atoms with Crippen LogP contribution in [-0.4, -0.2) is 117 Å². The highest BCUT2D eigenvalue weighted by molar-refractivity contribution is 5.99. The molecular formula is C33H38N4O12. The highest BCUT2D eigenvalue weighted by Gasteiger charge is 2.48. The Labute approximate surface area is 280 Å². The van der Waals surface area contributed by atoms with Crippen molar-refractivity contribution in [1.29, 1.82) is 0 Å². The zero-order valence-electron chi connectivity index (χ0n) is 27.1. The monoisotopic (exact) mass is 682 g/mol. The zero-order chi connectivity index (χ0) is 36.2. The van der Waals surface area contributed by atoms with Crippen LogP contribution in [0.2, 0.25) is 0 Å². The van der Waals surface area contributed by atoms with Gasteiger partial charge in [-0.1, -0.05) is 18.2 Å². The van der Waals surface area contributed by atoms with Gasteiger partial charge in [0.25, 0.3) is 5.69 Å². The van der Waals surface area contributed by atoms with Gasteiger partial charge in [0.2, 0.25) is 0 Å². The minimum absolute atomic E-state index is 0.0315. The summed E-state index contributed by atoms with van der Waals surface area (Å²) >= 11 is 0. The van der Waals surface area contributed by atoms with E-state index in [2.05, 4.69) is 4.90 Å². The summed E-state index contributed by atoms with van der Waals surface area (Å²) in [6, 6.07) is 12.4. The summed E-state index contributed by atoms with van der Waals surface area (Å²) in [5.74, 6) is -12.7. The Hall–Kier alpha value is -5.48. The first-order chi connectivity index (χ1) is 23.2. The van der Waals surface area contributed by atoms with Crippen LogP contribution in [0.3, 0.4) is 0 Å². The van der Waals surface area contributed by atoms with E-state index in [1.807, 2.05) is 29.2 Å². The highest BCUT2D eigenvalue weighted by atomic mass is 16.6. The summed E-state index contributed by atoms with van der Waals surface area (Å²) in [4.78, 5) is 66.3. The average Bonchev–Trinajstić information content (AvgIpc) is 3.05. The number of hydrogen-bond donors (Lipinski definition) is 5. The summed E-state index contributed by atoms with van der Waals surface area (Å²) in [6.45, 7) is 5.10. The number of benzene rings is 2. The second kappa shape index (κ2) is 15.2. The molecule has 1 saturated heterocycles. The van der Waals surface area contributed by atoms with Crippen LogP contribution in [-0.2, 0) is 19.2 Å². The van der Waals surface area contributed by atoms with Gasteiger partial charge in [-0.15, -0.1) is 0 Å². The van der Waals surface area contributed by atoms with Gasteiger partial charge < -0.3 is 40.1 Å². The number of carboxylic acid groups (broad SMARTS) is 4. The normalized spacial score (nSPS) is 16.7. The third-order valence-electron chi connectivity index (χ3n) is 8.94. The average molecular weight is 683 g/mol. The smallest absolute Gasteiger partial charge is 0.322 e. The summed E-state index contributed by atoms with van der Waals surface area (Å²) < 4.78 is 5.31. The number of allylic oxidation sites excluding steroid dienone is 2. The number of piperazine rings is 1. The van der Waals surface area contributed by atoms with Crippen molar-refractivity contribution < 1.29 is 54.4 Å². The number of carboxylic acids is 4. The largest absolute Gasteiger partial charge is 0.497 e. The molecule has 0 radical (unpaired) electrons. The molecule has 16 nitrogen and oxygen atoms in total. The molecule has 0 aliphatic carbocycles. The van der Waals surface area contributed by atoms with Gasteiger partial charge in [0.05, 0.1) is 18.1 Å². The summed E-state index contributed by atoms with van der Waals surface area (Å²) in [5, 5.41) is 63.3. The van der Waals surface area contributed by atoms with Gasteiger partial charge in [-0.05, 0) is 42.7 Å². The number of anilines is 1. The predicted octanol–water partition coefficient (Wildman–Crippen LogP) is 2.30. The number of aliphatic hydroxyl groups is 1. The van der Waals surface area contributed by atoms with Crippen molar-refractivity contribution in [3.05, 3.63) is 86.7 Å². The Morgan fingerprint density at radius 1 is 0.837 bits per heavy atom. The molecule has 0 aromatic heterocycles. The van der Waals surface area contributed by atoms with Gasteiger partial charge in [0.15, 0.2) is 11.8 Å². The molecule has 5 N–H and O–H groups in total. The molecule has 4 rings (SSSR count). The van der Waals surface area contributed by atoms with Crippen LogP contribution in [0, 0.1) is 22.0 Å². The number of aliphatic carboxylic acids is 4. The first kappa shape index (κ1) is 36.4. The van der Waals surface area contributed by atoms with E-state index in [0.29, 0.717) is 26.2 Å². The number of carbonyl (C=O) groups is 4. The maximum absolute atomic E-state index is 12.5. The SMILES string of the molecule is COc1cccc(N2CCN(CC(O)CN3C(C)=C(C(C(=O)O)C(=O)O)C(c4cccc([N+](=O)[O-])c4)C(C(C(=O)O)C(=O)O)=C3C)CC2)c1. The van der Waals surface area contributed by atoms with E-state index in [1.54, 1.807) is 7.11 Å². The quantitative estimate of drug-likeness (QED) is 0.109. The van der Waals surface area contributed by atoms with Gasteiger partial charge in [-0.2, -0.15) is 0 Å². The van der Waals surface area contributed by atoms with Crippen LogP contribution in [0.1, 0.15) is 25.3 Å². The van der Waals surface area contributed by atoms with E-state index in [-0.39, 0.29) is 41.2 Å². The molecule has 2 aromatic carbocycles. The molecule has 16 heteroatoms. The molecule has 2 aromatic rings. The van der Waals surface area contributed by atoms with Crippen LogP contribution in [0.4, 0.5) is 11.4 Å². The van der Waals surface area contributed by atoms with Gasteiger partial charge in [-0.25, -0.2) is 0 Å². The van der Waals surface area contributed by atoms with E-state index in [4.69, 9.17) is 4.74 Å². The van der Waals surface area contributed by atoms with Crippen molar-refractivity contribution in [2.75, 3.05) is 51.3 Å². The number of nitro benzene ring substituents is 1. The number of aliphatic hydroxyl groups excluding tert-OH is 1. The van der Waals surface area contributed by atoms with Gasteiger partial charge in [-0.3, -0.25) is 34.2 Å². The number of nitrogens with zero attached hydrogens (tertiary/aromatic N) is 4. The van der Waals surface area contributed by atoms with Crippen molar-refractivity contribution in [2.45, 2.75) is 25.9 Å². The van der Waals surface area contributed by atoms with Crippen molar-refractivity contribution in [1.82, 2.24) is 9.80 Å². The first-order valence-corrected chi connectivity index (χ1v) is 15.3. The number of hydrogen-bond acceptors (Lipinski definition) is 11. The second-order valence-corrected chi connectivity index (χ2v) is 11.8. The number of ether oxygens (including phenoxy) is 1. The van der Waals surface area contributed by atoms with E-state index >= 15 is 0 Å². The number of non-ortho nitro benzene ring substituents is 1. The van der Waals surface area contributed by atoms with Crippen LogP contribution in [0.25, 0.3) is 0 Å². The molecule has 0 spiro atoms. The molecule has 1 unspecified atom stereocenters. The lowest BCUT2D eigenvalue weighted by Crippen LogP contribution is -2.50. The first-order valence-electron chi connectivity index (χ1n) is 15.3. The number of nitro groups is 1. The van der Waals surface area contributed by atoms with E-state index in [9.17, 15) is 54.8 Å². The van der Waals surface area contributed by atoms with Crippen LogP contribution < -0.4 is 9.64 Å². The Morgan fingerprint density at radius 3 is 1.86 bits per heavy atom. The Balaban J connectivity index is 1.74. The molecule has 2 aliphatic heterocycles. The summed E-state index contributed by atoms with van der Waals surface area (Å²) in [7, 11) is 1.58. The topological polar surface area (TPSA) is 232 Å². The maximum Gasteiger partial charge on any atom is 0.322 e. The molecule has 0 bridgehead atoms. The fourth-order valence-electron chi connectivity index (χ4n) is 6.66. The number of rotatable bonds is 14. The molecule has 1 fully saturated rings. The Kier molecular flexibility index (Phi) is 11.3. The van der Waals surface area contributed by atoms with Crippen LogP contribution in [0.5, 0.6) is 5.75 Å². The molecule has 0 amide bonds. The molecule has 262 valence electrons. The summed E-state index contributed by atoms with van der Waals surface area (Å²) in [6.07, 6.45) is -1.13. The minimum atomic E-state index is -2.29. The molecule has 0 saturated carbocycles. The molecule has 2 heterocycles. The molecule has 2 aliphatic rings. The van der Waals surface area contributed by atoms with Gasteiger partial charge in [0, 0.05) is 80.5 Å². The van der Waals surface area contributed by atoms with Crippen LogP contribution >= 0.6 is 0 Å². The van der Waals surface area contributed by atoms with E-state index < -0.39 is 58.3 Å². The number of β-amino-alcohol motifs (C(OH)–C–C–N with tert-alkyl or cyclic N) is 1. The lowest BCUT2D eigenvalue weighted by Gasteiger charge is -2.43.